The fourth-order valence-corrected chi connectivity index (χ4v) is 2.40. The Balaban J connectivity index is 1.87. The zero-order chi connectivity index (χ0) is 14.5. The highest BCUT2D eigenvalue weighted by molar-refractivity contribution is 5.93. The topological polar surface area (TPSA) is 70.2 Å². The molecular formula is C15H21N3O2. The van der Waals surface area contributed by atoms with Gasteiger partial charge in [-0.1, -0.05) is 19.1 Å². The second-order valence-electron chi connectivity index (χ2n) is 5.24. The molecule has 5 heteroatoms. The molecule has 1 aromatic rings. The molecule has 1 aliphatic rings. The Morgan fingerprint density at radius 1 is 1.25 bits per heavy atom. The third-order valence-electron chi connectivity index (χ3n) is 3.76. The predicted octanol–water partition coefficient (Wildman–Crippen LogP) is 0.518. The van der Waals surface area contributed by atoms with Crippen molar-refractivity contribution in [3.05, 3.63) is 35.4 Å². The highest BCUT2D eigenvalue weighted by Crippen LogP contribution is 2.16. The van der Waals surface area contributed by atoms with E-state index in [0.717, 1.165) is 18.7 Å². The lowest BCUT2D eigenvalue weighted by Gasteiger charge is -2.14. The van der Waals surface area contributed by atoms with E-state index in [1.807, 2.05) is 12.1 Å². The van der Waals surface area contributed by atoms with Crippen LogP contribution in [-0.4, -0.2) is 32.0 Å². The van der Waals surface area contributed by atoms with Gasteiger partial charge in [0.15, 0.2) is 0 Å². The molecule has 0 saturated carbocycles. The molecule has 0 radical (unpaired) electrons. The molecule has 2 rings (SSSR count). The SMILES string of the molecule is CNC(=O)c1ccc(CNC(=O)C2CNCC2C)cc1. The van der Waals surface area contributed by atoms with Crippen LogP contribution in [0.25, 0.3) is 0 Å². The van der Waals surface area contributed by atoms with Crippen molar-refractivity contribution < 1.29 is 9.59 Å². The maximum absolute atomic E-state index is 12.0. The van der Waals surface area contributed by atoms with Crippen LogP contribution in [0.15, 0.2) is 24.3 Å². The van der Waals surface area contributed by atoms with E-state index >= 15 is 0 Å². The molecule has 1 fully saturated rings. The lowest BCUT2D eigenvalue weighted by Crippen LogP contribution is -2.33. The van der Waals surface area contributed by atoms with Crippen LogP contribution in [-0.2, 0) is 11.3 Å². The van der Waals surface area contributed by atoms with Gasteiger partial charge in [-0.25, -0.2) is 0 Å². The molecule has 0 aliphatic carbocycles. The van der Waals surface area contributed by atoms with Crippen molar-refractivity contribution in [3.8, 4) is 0 Å². The van der Waals surface area contributed by atoms with E-state index in [1.54, 1.807) is 19.2 Å². The molecule has 2 atom stereocenters. The Morgan fingerprint density at radius 3 is 2.50 bits per heavy atom. The van der Waals surface area contributed by atoms with Gasteiger partial charge in [0.2, 0.25) is 5.91 Å². The first kappa shape index (κ1) is 14.5. The normalized spacial score (nSPS) is 21.5. The molecule has 2 amide bonds. The molecule has 1 aliphatic heterocycles. The van der Waals surface area contributed by atoms with Gasteiger partial charge in [0.25, 0.3) is 5.91 Å². The zero-order valence-corrected chi connectivity index (χ0v) is 11.9. The number of amides is 2. The number of rotatable bonds is 4. The van der Waals surface area contributed by atoms with Gasteiger partial charge >= 0.3 is 0 Å². The predicted molar refractivity (Wildman–Crippen MR) is 77.2 cm³/mol. The highest BCUT2D eigenvalue weighted by Gasteiger charge is 2.29. The maximum Gasteiger partial charge on any atom is 0.251 e. The molecule has 0 spiro atoms. The van der Waals surface area contributed by atoms with E-state index < -0.39 is 0 Å². The Hall–Kier alpha value is -1.88. The van der Waals surface area contributed by atoms with Crippen molar-refractivity contribution in [3.63, 3.8) is 0 Å². The van der Waals surface area contributed by atoms with Crippen LogP contribution >= 0.6 is 0 Å². The van der Waals surface area contributed by atoms with Crippen molar-refractivity contribution in [1.29, 1.82) is 0 Å². The minimum atomic E-state index is -0.105. The third-order valence-corrected chi connectivity index (χ3v) is 3.76. The third kappa shape index (κ3) is 3.36. The first-order valence-corrected chi connectivity index (χ1v) is 6.91. The van der Waals surface area contributed by atoms with Gasteiger partial charge in [-0.05, 0) is 30.2 Å². The van der Waals surface area contributed by atoms with Gasteiger partial charge in [-0.15, -0.1) is 0 Å². The minimum Gasteiger partial charge on any atom is -0.355 e. The Kier molecular flexibility index (Phi) is 4.74. The summed E-state index contributed by atoms with van der Waals surface area (Å²) >= 11 is 0. The Bertz CT molecular complexity index is 484. The summed E-state index contributed by atoms with van der Waals surface area (Å²) in [6, 6.07) is 7.25. The largest absolute Gasteiger partial charge is 0.355 e. The van der Waals surface area contributed by atoms with Crippen molar-refractivity contribution >= 4 is 11.8 Å². The monoisotopic (exact) mass is 275 g/mol. The summed E-state index contributed by atoms with van der Waals surface area (Å²) in [4.78, 5) is 23.4. The van der Waals surface area contributed by atoms with Gasteiger partial charge < -0.3 is 16.0 Å². The number of hydrogen-bond acceptors (Lipinski definition) is 3. The van der Waals surface area contributed by atoms with Gasteiger partial charge in [0.1, 0.15) is 0 Å². The van der Waals surface area contributed by atoms with E-state index in [-0.39, 0.29) is 17.7 Å². The first-order valence-electron chi connectivity index (χ1n) is 6.91. The summed E-state index contributed by atoms with van der Waals surface area (Å²) < 4.78 is 0. The van der Waals surface area contributed by atoms with Gasteiger partial charge in [0.05, 0.1) is 5.92 Å². The van der Waals surface area contributed by atoms with Crippen LogP contribution < -0.4 is 16.0 Å². The average molecular weight is 275 g/mol. The molecule has 2 unspecified atom stereocenters. The fraction of sp³-hybridized carbons (Fsp3) is 0.467. The Labute approximate surface area is 119 Å². The Morgan fingerprint density at radius 2 is 1.95 bits per heavy atom. The fourth-order valence-electron chi connectivity index (χ4n) is 2.40. The van der Waals surface area contributed by atoms with Crippen molar-refractivity contribution in [2.45, 2.75) is 13.5 Å². The summed E-state index contributed by atoms with van der Waals surface area (Å²) in [5, 5.41) is 8.75. The molecule has 3 N–H and O–H groups in total. The molecular weight excluding hydrogens is 254 g/mol. The van der Waals surface area contributed by atoms with Gasteiger partial charge in [0, 0.05) is 25.7 Å². The van der Waals surface area contributed by atoms with Crippen molar-refractivity contribution in [2.24, 2.45) is 11.8 Å². The second-order valence-corrected chi connectivity index (χ2v) is 5.24. The summed E-state index contributed by atoms with van der Waals surface area (Å²) in [5.74, 6) is 0.426. The molecule has 20 heavy (non-hydrogen) atoms. The standard InChI is InChI=1S/C15H21N3O2/c1-10-7-17-9-13(10)15(20)18-8-11-3-5-12(6-4-11)14(19)16-2/h3-6,10,13,17H,7-9H2,1-2H3,(H,16,19)(H,18,20). The number of benzene rings is 1. The molecule has 1 aromatic carbocycles. The molecule has 1 saturated heterocycles. The van der Waals surface area contributed by atoms with Gasteiger partial charge in [-0.2, -0.15) is 0 Å². The molecule has 0 bridgehead atoms. The molecule has 5 nitrogen and oxygen atoms in total. The summed E-state index contributed by atoms with van der Waals surface area (Å²) in [6.45, 7) is 4.24. The molecule has 1 heterocycles. The average Bonchev–Trinajstić information content (AvgIpc) is 2.90. The van der Waals surface area contributed by atoms with Gasteiger partial charge in [-0.3, -0.25) is 9.59 Å². The summed E-state index contributed by atoms with van der Waals surface area (Å²) in [6.07, 6.45) is 0. The number of nitrogens with one attached hydrogen (secondary N) is 3. The molecule has 108 valence electrons. The number of carbonyl (C=O) groups excluding carboxylic acids is 2. The summed E-state index contributed by atoms with van der Waals surface area (Å²) in [7, 11) is 1.60. The van der Waals surface area contributed by atoms with E-state index in [0.29, 0.717) is 18.0 Å². The van der Waals surface area contributed by atoms with Crippen molar-refractivity contribution in [1.82, 2.24) is 16.0 Å². The van der Waals surface area contributed by atoms with E-state index in [1.165, 1.54) is 0 Å². The van der Waals surface area contributed by atoms with Crippen LogP contribution in [0.5, 0.6) is 0 Å². The minimum absolute atomic E-state index is 0.0557. The van der Waals surface area contributed by atoms with Crippen molar-refractivity contribution in [2.75, 3.05) is 20.1 Å². The summed E-state index contributed by atoms with van der Waals surface area (Å²) in [5.41, 5.74) is 1.61. The van der Waals surface area contributed by atoms with E-state index in [9.17, 15) is 9.59 Å². The number of hydrogen-bond donors (Lipinski definition) is 3. The maximum atomic E-state index is 12.0. The molecule has 0 aromatic heterocycles. The van der Waals surface area contributed by atoms with Crippen LogP contribution in [0.2, 0.25) is 0 Å². The lowest BCUT2D eigenvalue weighted by atomic mass is 9.97. The van der Waals surface area contributed by atoms with Crippen LogP contribution in [0.3, 0.4) is 0 Å². The lowest BCUT2D eigenvalue weighted by molar-refractivity contribution is -0.125. The van der Waals surface area contributed by atoms with Crippen LogP contribution in [0.4, 0.5) is 0 Å². The van der Waals surface area contributed by atoms with E-state index in [4.69, 9.17) is 0 Å². The first-order chi connectivity index (χ1) is 9.61. The van der Waals surface area contributed by atoms with Crippen LogP contribution in [0, 0.1) is 11.8 Å². The second kappa shape index (κ2) is 6.52. The highest BCUT2D eigenvalue weighted by atomic mass is 16.2. The van der Waals surface area contributed by atoms with Crippen LogP contribution in [0.1, 0.15) is 22.8 Å². The van der Waals surface area contributed by atoms with E-state index in [2.05, 4.69) is 22.9 Å². The quantitative estimate of drug-likeness (QED) is 0.750. The number of carbonyl (C=O) groups is 2. The smallest absolute Gasteiger partial charge is 0.251 e. The zero-order valence-electron chi connectivity index (χ0n) is 11.9.